The van der Waals surface area contributed by atoms with Crippen molar-refractivity contribution in [1.29, 1.82) is 0 Å². The summed E-state index contributed by atoms with van der Waals surface area (Å²) < 4.78 is 86.8. The van der Waals surface area contributed by atoms with Crippen LogP contribution in [0.15, 0.2) is 58.8 Å². The molecule has 4 heterocycles. The molecule has 0 N–H and O–H groups in total. The fraction of sp³-hybridized carbons (Fsp3) is 0.457. The molecule has 0 spiro atoms. The number of halogens is 10. The van der Waals surface area contributed by atoms with Crippen LogP contribution in [-0.4, -0.2) is 99.6 Å². The number of Topliss-reactive ketones (excluding diaryl/α,β-unsaturated/α-hetero) is 1. The van der Waals surface area contributed by atoms with Gasteiger partial charge in [0.25, 0.3) is 0 Å². The highest BCUT2D eigenvalue weighted by Gasteiger charge is 2.43. The zero-order chi connectivity index (χ0) is 43.4. The maximum absolute atomic E-state index is 15.4. The summed E-state index contributed by atoms with van der Waals surface area (Å²) in [4.78, 5) is 28.3. The molecule has 15 nitrogen and oxygen atoms in total. The average Bonchev–Trinajstić information content (AvgIpc) is 3.72. The third kappa shape index (κ3) is 10.3. The Labute approximate surface area is 358 Å². The van der Waals surface area contributed by atoms with Crippen molar-refractivity contribution in [3.8, 4) is 0 Å². The lowest BCUT2D eigenvalue weighted by Crippen LogP contribution is -2.61. The minimum Gasteiger partial charge on any atom is -0.369 e. The van der Waals surface area contributed by atoms with Crippen molar-refractivity contribution in [2.45, 2.75) is 50.6 Å². The number of anilines is 2. The summed E-state index contributed by atoms with van der Waals surface area (Å²) in [5, 5.41) is 13.8. The van der Waals surface area contributed by atoms with Crippen molar-refractivity contribution in [3.05, 3.63) is 112 Å². The van der Waals surface area contributed by atoms with E-state index in [9.17, 15) is 26.3 Å². The van der Waals surface area contributed by atoms with Crippen LogP contribution in [0.4, 0.5) is 37.7 Å². The van der Waals surface area contributed by atoms with E-state index in [0.29, 0.717) is 36.2 Å². The molecule has 0 amide bonds. The number of alkyl halides is 6. The third-order valence-corrected chi connectivity index (χ3v) is 11.6. The van der Waals surface area contributed by atoms with Crippen LogP contribution in [0.3, 0.4) is 0 Å². The molecule has 2 unspecified atom stereocenters. The third-order valence-electron chi connectivity index (χ3n) is 10.3. The maximum Gasteiger partial charge on any atom is 0.436 e. The molecule has 2 aliphatic heterocycles. The van der Waals surface area contributed by atoms with Gasteiger partial charge in [0.1, 0.15) is 0 Å². The van der Waals surface area contributed by atoms with Gasteiger partial charge in [0.15, 0.2) is 17.2 Å². The van der Waals surface area contributed by atoms with E-state index in [-0.39, 0.29) is 37.6 Å². The molecule has 0 radical (unpaired) electrons. The molecule has 2 fully saturated rings. The maximum atomic E-state index is 15.4. The highest BCUT2D eigenvalue weighted by molar-refractivity contribution is 6.32. The first-order valence-electron chi connectivity index (χ1n) is 18.2. The number of azide groups is 2. The van der Waals surface area contributed by atoms with Gasteiger partial charge in [0.2, 0.25) is 0 Å². The first kappa shape index (κ1) is 44.9. The molecule has 25 heteroatoms. The van der Waals surface area contributed by atoms with Gasteiger partial charge < -0.3 is 9.80 Å². The summed E-state index contributed by atoms with van der Waals surface area (Å²) in [6.45, 7) is 0.0810. The van der Waals surface area contributed by atoms with E-state index in [1.165, 1.54) is 0 Å². The molecule has 2 atom stereocenters. The minimum absolute atomic E-state index is 0.219. The Morgan fingerprint density at radius 1 is 0.617 bits per heavy atom. The van der Waals surface area contributed by atoms with E-state index in [0.717, 1.165) is 20.7 Å². The minimum atomic E-state index is -5.01. The Balaban J connectivity index is 1.42. The Kier molecular flexibility index (Phi) is 14.2. The van der Waals surface area contributed by atoms with Crippen LogP contribution in [0.25, 0.3) is 20.9 Å². The number of hydrogen-bond donors (Lipinski definition) is 0. The fourth-order valence-corrected chi connectivity index (χ4v) is 8.18. The van der Waals surface area contributed by atoms with Crippen molar-refractivity contribution >= 4 is 63.6 Å². The van der Waals surface area contributed by atoms with Crippen LogP contribution in [0.5, 0.6) is 0 Å². The van der Waals surface area contributed by atoms with Gasteiger partial charge in [0, 0.05) is 83.6 Å². The second-order valence-corrected chi connectivity index (χ2v) is 15.4. The van der Waals surface area contributed by atoms with Crippen LogP contribution in [0.2, 0.25) is 20.1 Å². The monoisotopic (exact) mass is 920 g/mol. The molecule has 0 aliphatic carbocycles. The Hall–Kier alpha value is -4.59. The van der Waals surface area contributed by atoms with E-state index in [2.05, 4.69) is 30.2 Å². The number of rotatable bonds is 14. The van der Waals surface area contributed by atoms with Crippen molar-refractivity contribution in [1.82, 2.24) is 29.4 Å². The molecule has 60 heavy (non-hydrogen) atoms. The quantitative estimate of drug-likeness (QED) is 0.0528. The predicted molar refractivity (Wildman–Crippen MR) is 213 cm³/mol. The topological polar surface area (TPSA) is 163 Å². The number of carbonyl (C=O) groups is 1. The first-order valence-corrected chi connectivity index (χ1v) is 19.7. The smallest absolute Gasteiger partial charge is 0.369 e. The summed E-state index contributed by atoms with van der Waals surface area (Å²) in [5.74, 6) is -0.584. The predicted octanol–water partition coefficient (Wildman–Crippen LogP) is 9.00. The highest BCUT2D eigenvalue weighted by Crippen LogP contribution is 2.38. The van der Waals surface area contributed by atoms with E-state index in [1.807, 2.05) is 34.1 Å². The standard InChI is InChI=1S/C35H34Cl4F6N14O/c36-21-1-5-23(6-2-21)54-9-13-56(14-10-54)27(19-58-25(17-48-52-46)29(38)32(50-58)34(40,41)42)31(60)28(57-15-11-55(12-16-57)24-7-3-22(37)4-8-24)20-59-26(18-49-53-47)30(39)33(51-59)35(43,44)45/h1-8,27-28H,9-20H2. The van der Waals surface area contributed by atoms with E-state index >= 15 is 4.79 Å². The van der Waals surface area contributed by atoms with Gasteiger partial charge in [-0.15, -0.1) is 0 Å². The van der Waals surface area contributed by atoms with Gasteiger partial charge in [-0.3, -0.25) is 24.0 Å². The van der Waals surface area contributed by atoms with Gasteiger partial charge in [-0.2, -0.15) is 36.5 Å². The number of hydrogen-bond acceptors (Lipinski definition) is 9. The van der Waals surface area contributed by atoms with Crippen LogP contribution in [-0.2, 0) is 43.3 Å². The lowest BCUT2D eigenvalue weighted by Gasteiger charge is -2.43. The Morgan fingerprint density at radius 2 is 0.950 bits per heavy atom. The molecule has 2 aliphatic rings. The molecule has 2 aromatic heterocycles. The molecule has 4 aromatic rings. The summed E-state index contributed by atoms with van der Waals surface area (Å²) in [7, 11) is 0. The lowest BCUT2D eigenvalue weighted by atomic mass is 9.99. The van der Waals surface area contributed by atoms with Crippen molar-refractivity contribution < 1.29 is 31.1 Å². The second kappa shape index (κ2) is 19.0. The first-order chi connectivity index (χ1) is 28.5. The van der Waals surface area contributed by atoms with E-state index in [1.54, 1.807) is 34.1 Å². The molecule has 0 saturated carbocycles. The summed E-state index contributed by atoms with van der Waals surface area (Å²) in [6.07, 6.45) is -10.0. The molecule has 320 valence electrons. The summed E-state index contributed by atoms with van der Waals surface area (Å²) in [5.41, 5.74) is 16.3. The fourth-order valence-electron chi connectivity index (χ4n) is 7.32. The number of piperazine rings is 2. The van der Waals surface area contributed by atoms with Crippen LogP contribution in [0, 0.1) is 0 Å². The number of benzene rings is 2. The van der Waals surface area contributed by atoms with Crippen LogP contribution in [0.1, 0.15) is 22.8 Å². The van der Waals surface area contributed by atoms with Crippen LogP contribution >= 0.6 is 46.4 Å². The highest BCUT2D eigenvalue weighted by atomic mass is 35.5. The van der Waals surface area contributed by atoms with Gasteiger partial charge >= 0.3 is 12.4 Å². The largest absolute Gasteiger partial charge is 0.436 e. The number of ketones is 1. The number of carbonyl (C=O) groups excluding carboxylic acids is 1. The molecule has 2 saturated heterocycles. The molecule has 0 bridgehead atoms. The Bertz CT molecular complexity index is 2090. The summed E-state index contributed by atoms with van der Waals surface area (Å²) in [6, 6.07) is 11.7. The van der Waals surface area contributed by atoms with Gasteiger partial charge in [-0.05, 0) is 59.6 Å². The average molecular weight is 923 g/mol. The number of aromatic nitrogens is 4. The van der Waals surface area contributed by atoms with Crippen molar-refractivity contribution in [2.24, 2.45) is 10.2 Å². The van der Waals surface area contributed by atoms with E-state index in [4.69, 9.17) is 57.5 Å². The number of nitrogens with zero attached hydrogens (tertiary/aromatic N) is 14. The molecular weight excluding hydrogens is 888 g/mol. The normalized spacial score (nSPS) is 16.6. The molecule has 2 aromatic carbocycles. The van der Waals surface area contributed by atoms with Crippen molar-refractivity contribution in [3.63, 3.8) is 0 Å². The molecule has 6 rings (SSSR count). The zero-order valence-electron chi connectivity index (χ0n) is 31.2. The van der Waals surface area contributed by atoms with Crippen LogP contribution < -0.4 is 9.80 Å². The molecular formula is C35H34Cl4F6N14O. The Morgan fingerprint density at radius 3 is 1.25 bits per heavy atom. The van der Waals surface area contributed by atoms with Crippen molar-refractivity contribution in [2.75, 3.05) is 62.2 Å². The SMILES string of the molecule is [N-]=[N+]=NCc1c(Cl)c(C(F)(F)F)nn1CC(C(=O)C(Cn1nc(C(F)(F)F)c(Cl)c1CN=[N+]=[N-])N1CCN(c2ccc(Cl)cc2)CC1)N1CCN(c2ccc(Cl)cc2)CC1. The summed E-state index contributed by atoms with van der Waals surface area (Å²) >= 11 is 24.6. The van der Waals surface area contributed by atoms with Gasteiger partial charge in [-0.1, -0.05) is 56.6 Å². The van der Waals surface area contributed by atoms with Gasteiger partial charge in [-0.25, -0.2) is 0 Å². The lowest BCUT2D eigenvalue weighted by molar-refractivity contribution is -0.142. The van der Waals surface area contributed by atoms with Gasteiger partial charge in [0.05, 0.1) is 59.7 Å². The zero-order valence-corrected chi connectivity index (χ0v) is 34.2. The second-order valence-electron chi connectivity index (χ2n) is 13.8. The van der Waals surface area contributed by atoms with E-state index < -0.39 is 77.8 Å².